The minimum atomic E-state index is -4.36. The number of hydrogen-bond donors (Lipinski definition) is 2. The lowest BCUT2D eigenvalue weighted by Crippen LogP contribution is -2.32. The molecule has 0 radical (unpaired) electrons. The zero-order valence-electron chi connectivity index (χ0n) is 9.82. The summed E-state index contributed by atoms with van der Waals surface area (Å²) in [6, 6.07) is -0.0931. The van der Waals surface area contributed by atoms with Crippen molar-refractivity contribution in [2.24, 2.45) is 5.84 Å². The van der Waals surface area contributed by atoms with Gasteiger partial charge in [-0.2, -0.15) is 28.1 Å². The molecule has 1 rings (SSSR count). The summed E-state index contributed by atoms with van der Waals surface area (Å²) in [4.78, 5) is 12.0. The predicted octanol–water partition coefficient (Wildman–Crippen LogP) is 0.554. The lowest BCUT2D eigenvalue weighted by atomic mass is 10.5. The summed E-state index contributed by atoms with van der Waals surface area (Å²) < 4.78 is 41.7. The third-order valence-corrected chi connectivity index (χ3v) is 1.76. The van der Waals surface area contributed by atoms with E-state index in [9.17, 15) is 13.2 Å². The van der Waals surface area contributed by atoms with Gasteiger partial charge in [0.25, 0.3) is 0 Å². The Balaban J connectivity index is 2.96. The van der Waals surface area contributed by atoms with Crippen molar-refractivity contribution >= 4 is 11.9 Å². The summed E-state index contributed by atoms with van der Waals surface area (Å²) in [6.07, 6.45) is -4.36. The van der Waals surface area contributed by atoms with Crippen LogP contribution in [0.4, 0.5) is 25.1 Å². The lowest BCUT2D eigenvalue weighted by molar-refractivity contribution is -0.119. The van der Waals surface area contributed by atoms with Crippen molar-refractivity contribution < 1.29 is 17.9 Å². The van der Waals surface area contributed by atoms with E-state index in [1.54, 1.807) is 6.92 Å². The number of halogens is 3. The Morgan fingerprint density at radius 3 is 2.50 bits per heavy atom. The van der Waals surface area contributed by atoms with E-state index >= 15 is 0 Å². The molecule has 0 saturated heterocycles. The lowest BCUT2D eigenvalue weighted by Gasteiger charge is -2.19. The van der Waals surface area contributed by atoms with Crippen LogP contribution in [0.3, 0.4) is 0 Å². The number of nitrogens with two attached hydrogens (primary N) is 1. The van der Waals surface area contributed by atoms with Gasteiger partial charge in [0.2, 0.25) is 11.9 Å². The summed E-state index contributed by atoms with van der Waals surface area (Å²) in [5.74, 6) is 4.86. The summed E-state index contributed by atoms with van der Waals surface area (Å²) in [6.45, 7) is 0.779. The fraction of sp³-hybridized carbons (Fsp3) is 0.625. The number of nitrogens with one attached hydrogen (secondary N) is 1. The molecule has 0 spiro atoms. The van der Waals surface area contributed by atoms with Gasteiger partial charge in [-0.05, 0) is 6.92 Å². The normalized spacial score (nSPS) is 11.2. The fourth-order valence-corrected chi connectivity index (χ4v) is 1.11. The topological polar surface area (TPSA) is 89.2 Å². The van der Waals surface area contributed by atoms with Crippen LogP contribution in [0.2, 0.25) is 0 Å². The quantitative estimate of drug-likeness (QED) is 0.594. The molecule has 1 aromatic rings. The number of nitrogens with zero attached hydrogens (tertiary/aromatic N) is 4. The Labute approximate surface area is 101 Å². The molecule has 0 aliphatic carbocycles. The first kappa shape index (κ1) is 14.2. The van der Waals surface area contributed by atoms with Crippen molar-refractivity contribution in [2.75, 3.05) is 30.5 Å². The standard InChI is InChI=1S/C8H13F3N6O/c1-3-18-7-14-5(16-12)13-6(15-7)17(2)4-8(9,10)11/h3-4,12H2,1-2H3,(H,13,14,15,16). The summed E-state index contributed by atoms with van der Waals surface area (Å²) in [7, 11) is 1.21. The first-order valence-corrected chi connectivity index (χ1v) is 4.99. The van der Waals surface area contributed by atoms with Gasteiger partial charge < -0.3 is 9.64 Å². The molecule has 10 heteroatoms. The Bertz CT molecular complexity index is 399. The van der Waals surface area contributed by atoms with Crippen LogP contribution in [0, 0.1) is 0 Å². The van der Waals surface area contributed by atoms with Crippen molar-refractivity contribution in [3.8, 4) is 6.01 Å². The molecule has 0 unspecified atom stereocenters. The summed E-state index contributed by atoms with van der Waals surface area (Å²) in [5.41, 5.74) is 2.13. The van der Waals surface area contributed by atoms with Gasteiger partial charge in [-0.1, -0.05) is 0 Å². The molecule has 0 saturated carbocycles. The number of hydrogen-bond acceptors (Lipinski definition) is 7. The molecular formula is C8H13F3N6O. The van der Waals surface area contributed by atoms with Crippen LogP contribution < -0.4 is 20.9 Å². The SMILES string of the molecule is CCOc1nc(NN)nc(N(C)CC(F)(F)F)n1. The van der Waals surface area contributed by atoms with E-state index in [4.69, 9.17) is 10.6 Å². The average molecular weight is 266 g/mol. The molecule has 102 valence electrons. The van der Waals surface area contributed by atoms with Crippen LogP contribution in [0.25, 0.3) is 0 Å². The molecule has 3 N–H and O–H groups in total. The highest BCUT2D eigenvalue weighted by Crippen LogP contribution is 2.20. The molecule has 0 aromatic carbocycles. The fourth-order valence-electron chi connectivity index (χ4n) is 1.11. The van der Waals surface area contributed by atoms with Gasteiger partial charge in [0.1, 0.15) is 6.54 Å². The van der Waals surface area contributed by atoms with Crippen LogP contribution in [-0.4, -0.2) is 41.3 Å². The molecule has 0 bridgehead atoms. The van der Waals surface area contributed by atoms with Crippen molar-refractivity contribution in [3.63, 3.8) is 0 Å². The monoisotopic (exact) mass is 266 g/mol. The Morgan fingerprint density at radius 1 is 1.33 bits per heavy atom. The minimum absolute atomic E-state index is 0.0718. The van der Waals surface area contributed by atoms with E-state index in [-0.39, 0.29) is 24.5 Å². The van der Waals surface area contributed by atoms with Crippen LogP contribution in [0.15, 0.2) is 0 Å². The number of ether oxygens (including phenoxy) is 1. The smallest absolute Gasteiger partial charge is 0.406 e. The van der Waals surface area contributed by atoms with Crippen LogP contribution in [0.5, 0.6) is 6.01 Å². The first-order valence-electron chi connectivity index (χ1n) is 4.99. The molecular weight excluding hydrogens is 253 g/mol. The third kappa shape index (κ3) is 4.20. The molecule has 7 nitrogen and oxygen atoms in total. The second-order valence-corrected chi connectivity index (χ2v) is 3.29. The van der Waals surface area contributed by atoms with Crippen molar-refractivity contribution in [2.45, 2.75) is 13.1 Å². The molecule has 18 heavy (non-hydrogen) atoms. The van der Waals surface area contributed by atoms with E-state index in [1.165, 1.54) is 7.05 Å². The minimum Gasteiger partial charge on any atom is -0.464 e. The van der Waals surface area contributed by atoms with Gasteiger partial charge in [-0.25, -0.2) is 5.84 Å². The number of alkyl halides is 3. The van der Waals surface area contributed by atoms with Gasteiger partial charge in [0, 0.05) is 7.05 Å². The van der Waals surface area contributed by atoms with Crippen LogP contribution >= 0.6 is 0 Å². The largest absolute Gasteiger partial charge is 0.464 e. The molecule has 0 aliphatic heterocycles. The third-order valence-electron chi connectivity index (χ3n) is 1.76. The van der Waals surface area contributed by atoms with Crippen LogP contribution in [0.1, 0.15) is 6.92 Å². The van der Waals surface area contributed by atoms with Crippen molar-refractivity contribution in [1.82, 2.24) is 15.0 Å². The predicted molar refractivity (Wildman–Crippen MR) is 58.1 cm³/mol. The van der Waals surface area contributed by atoms with Gasteiger partial charge in [-0.15, -0.1) is 0 Å². The van der Waals surface area contributed by atoms with Gasteiger partial charge in [0.05, 0.1) is 6.61 Å². The van der Waals surface area contributed by atoms with Crippen molar-refractivity contribution in [3.05, 3.63) is 0 Å². The average Bonchev–Trinajstić information content (AvgIpc) is 2.26. The van der Waals surface area contributed by atoms with E-state index in [0.29, 0.717) is 0 Å². The Hall–Kier alpha value is -1.84. The number of nitrogen functional groups attached to an aromatic ring is 1. The van der Waals surface area contributed by atoms with E-state index in [2.05, 4.69) is 20.4 Å². The molecule has 0 aliphatic rings. The van der Waals surface area contributed by atoms with E-state index in [1.807, 2.05) is 0 Å². The number of aromatic nitrogens is 3. The highest BCUT2D eigenvalue weighted by Gasteiger charge is 2.30. The summed E-state index contributed by atoms with van der Waals surface area (Å²) in [5, 5.41) is 0. The zero-order valence-corrected chi connectivity index (χ0v) is 9.82. The van der Waals surface area contributed by atoms with Crippen LogP contribution in [-0.2, 0) is 0 Å². The molecule has 1 aromatic heterocycles. The van der Waals surface area contributed by atoms with Gasteiger partial charge >= 0.3 is 12.2 Å². The zero-order chi connectivity index (χ0) is 13.8. The maximum Gasteiger partial charge on any atom is 0.406 e. The Morgan fingerprint density at radius 2 is 2.00 bits per heavy atom. The molecule has 0 atom stereocenters. The second kappa shape index (κ2) is 5.67. The number of hydrazine groups is 1. The Kier molecular flexibility index (Phi) is 4.48. The highest BCUT2D eigenvalue weighted by atomic mass is 19.4. The van der Waals surface area contributed by atoms with Gasteiger partial charge in [0.15, 0.2) is 0 Å². The van der Waals surface area contributed by atoms with E-state index in [0.717, 1.165) is 4.90 Å². The summed E-state index contributed by atoms with van der Waals surface area (Å²) >= 11 is 0. The number of anilines is 2. The first-order chi connectivity index (χ1) is 8.35. The molecule has 0 amide bonds. The molecule has 1 heterocycles. The number of rotatable bonds is 5. The maximum absolute atomic E-state index is 12.2. The highest BCUT2D eigenvalue weighted by molar-refractivity contribution is 5.37. The van der Waals surface area contributed by atoms with Gasteiger partial charge in [-0.3, -0.25) is 5.43 Å². The van der Waals surface area contributed by atoms with E-state index < -0.39 is 12.7 Å². The molecule has 0 fully saturated rings. The van der Waals surface area contributed by atoms with Crippen molar-refractivity contribution in [1.29, 1.82) is 0 Å². The second-order valence-electron chi connectivity index (χ2n) is 3.29. The maximum atomic E-state index is 12.2.